The number of hydrogen-bond donors (Lipinski definition) is 1. The zero-order chi connectivity index (χ0) is 19.5. The highest BCUT2D eigenvalue weighted by atomic mass is 16.5. The van der Waals surface area contributed by atoms with E-state index >= 15 is 0 Å². The van der Waals surface area contributed by atoms with Gasteiger partial charge < -0.3 is 14.5 Å². The van der Waals surface area contributed by atoms with Crippen molar-refractivity contribution in [2.45, 2.75) is 27.4 Å². The van der Waals surface area contributed by atoms with Gasteiger partial charge in [-0.1, -0.05) is 35.9 Å². The van der Waals surface area contributed by atoms with Crippen LogP contribution in [0.15, 0.2) is 60.7 Å². The number of hydrogen-bond acceptors (Lipinski definition) is 3. The normalized spacial score (nSPS) is 11.0. The monoisotopic (exact) mass is 372 g/mol. The molecule has 0 atom stereocenters. The average molecular weight is 372 g/mol. The molecule has 4 nitrogen and oxygen atoms in total. The van der Waals surface area contributed by atoms with Crippen LogP contribution in [0.3, 0.4) is 0 Å². The number of nitrogens with zero attached hydrogens (tertiary/aromatic N) is 1. The molecular weight excluding hydrogens is 348 g/mol. The predicted molar refractivity (Wildman–Crippen MR) is 113 cm³/mol. The molecule has 0 saturated carbocycles. The van der Waals surface area contributed by atoms with E-state index in [1.54, 1.807) is 0 Å². The standard InChI is InChI=1S/C24H24N2O2/c1-4-27-23-14-19(24-25-20-10-8-17(3)13-21(20)26-24)9-11-22(23)28-15-18-7-5-6-16(2)12-18/h5-14H,4,15H2,1-3H3,(H,25,26). The fourth-order valence-electron chi connectivity index (χ4n) is 3.27. The van der Waals surface area contributed by atoms with E-state index in [4.69, 9.17) is 14.5 Å². The number of rotatable bonds is 6. The Hall–Kier alpha value is -3.27. The summed E-state index contributed by atoms with van der Waals surface area (Å²) in [6, 6.07) is 20.5. The van der Waals surface area contributed by atoms with Crippen LogP contribution < -0.4 is 9.47 Å². The fraction of sp³-hybridized carbons (Fsp3) is 0.208. The van der Waals surface area contributed by atoms with Crippen LogP contribution in [0.4, 0.5) is 0 Å². The summed E-state index contributed by atoms with van der Waals surface area (Å²) >= 11 is 0. The Bertz CT molecular complexity index is 1110. The van der Waals surface area contributed by atoms with E-state index in [1.807, 2.05) is 37.3 Å². The van der Waals surface area contributed by atoms with Crippen molar-refractivity contribution in [3.8, 4) is 22.9 Å². The van der Waals surface area contributed by atoms with E-state index in [0.717, 1.165) is 39.5 Å². The Morgan fingerprint density at radius 2 is 1.71 bits per heavy atom. The van der Waals surface area contributed by atoms with Crippen LogP contribution >= 0.6 is 0 Å². The summed E-state index contributed by atoms with van der Waals surface area (Å²) in [5.41, 5.74) is 6.53. The van der Waals surface area contributed by atoms with Crippen LogP contribution in [0.25, 0.3) is 22.4 Å². The number of fused-ring (bicyclic) bond motifs is 1. The lowest BCUT2D eigenvalue weighted by Crippen LogP contribution is -2.00. The molecule has 1 heterocycles. The van der Waals surface area contributed by atoms with Crippen molar-refractivity contribution in [2.75, 3.05) is 6.61 Å². The van der Waals surface area contributed by atoms with Crippen molar-refractivity contribution >= 4 is 11.0 Å². The van der Waals surface area contributed by atoms with E-state index in [0.29, 0.717) is 13.2 Å². The highest BCUT2D eigenvalue weighted by Crippen LogP contribution is 2.33. The number of aromatic amines is 1. The van der Waals surface area contributed by atoms with Crippen LogP contribution in [0.2, 0.25) is 0 Å². The molecule has 0 aliphatic rings. The van der Waals surface area contributed by atoms with Gasteiger partial charge in [0.2, 0.25) is 0 Å². The second kappa shape index (κ2) is 7.77. The Morgan fingerprint density at radius 1 is 0.857 bits per heavy atom. The van der Waals surface area contributed by atoms with Crippen LogP contribution in [0.1, 0.15) is 23.6 Å². The lowest BCUT2D eigenvalue weighted by Gasteiger charge is -2.13. The average Bonchev–Trinajstić information content (AvgIpc) is 3.10. The molecule has 28 heavy (non-hydrogen) atoms. The Kier molecular flexibility index (Phi) is 5.02. The van der Waals surface area contributed by atoms with Gasteiger partial charge in [0.25, 0.3) is 0 Å². The Morgan fingerprint density at radius 3 is 2.54 bits per heavy atom. The lowest BCUT2D eigenvalue weighted by atomic mass is 10.1. The third-order valence-corrected chi connectivity index (χ3v) is 4.63. The second-order valence-corrected chi connectivity index (χ2v) is 6.98. The molecule has 0 unspecified atom stereocenters. The fourth-order valence-corrected chi connectivity index (χ4v) is 3.27. The molecule has 4 rings (SSSR count). The van der Waals surface area contributed by atoms with E-state index in [1.165, 1.54) is 11.1 Å². The second-order valence-electron chi connectivity index (χ2n) is 6.98. The molecule has 0 radical (unpaired) electrons. The molecule has 0 aliphatic carbocycles. The minimum absolute atomic E-state index is 0.505. The van der Waals surface area contributed by atoms with E-state index in [9.17, 15) is 0 Å². The largest absolute Gasteiger partial charge is 0.490 e. The zero-order valence-corrected chi connectivity index (χ0v) is 16.5. The molecule has 3 aromatic carbocycles. The molecule has 1 aromatic heterocycles. The van der Waals surface area contributed by atoms with Gasteiger partial charge in [0.05, 0.1) is 17.6 Å². The summed E-state index contributed by atoms with van der Waals surface area (Å²) in [6.07, 6.45) is 0. The molecule has 0 aliphatic heterocycles. The van der Waals surface area contributed by atoms with Gasteiger partial charge in [-0.15, -0.1) is 0 Å². The molecule has 0 spiro atoms. The van der Waals surface area contributed by atoms with Crippen molar-refractivity contribution in [3.63, 3.8) is 0 Å². The van der Waals surface area contributed by atoms with Crippen LogP contribution in [-0.4, -0.2) is 16.6 Å². The van der Waals surface area contributed by atoms with E-state index in [2.05, 4.69) is 49.2 Å². The maximum absolute atomic E-state index is 6.04. The van der Waals surface area contributed by atoms with Crippen molar-refractivity contribution in [2.24, 2.45) is 0 Å². The quantitative estimate of drug-likeness (QED) is 0.463. The van der Waals surface area contributed by atoms with Gasteiger partial charge in [0, 0.05) is 5.56 Å². The molecule has 4 heteroatoms. The van der Waals surface area contributed by atoms with E-state index < -0.39 is 0 Å². The molecule has 4 aromatic rings. The zero-order valence-electron chi connectivity index (χ0n) is 16.5. The van der Waals surface area contributed by atoms with Gasteiger partial charge in [-0.05, 0) is 62.2 Å². The topological polar surface area (TPSA) is 47.1 Å². The van der Waals surface area contributed by atoms with Crippen molar-refractivity contribution in [1.82, 2.24) is 9.97 Å². The molecule has 0 saturated heterocycles. The molecule has 0 amide bonds. The number of aryl methyl sites for hydroxylation is 2. The van der Waals surface area contributed by atoms with Crippen LogP contribution in [0.5, 0.6) is 11.5 Å². The smallest absolute Gasteiger partial charge is 0.161 e. The van der Waals surface area contributed by atoms with Gasteiger partial charge in [0.15, 0.2) is 11.5 Å². The van der Waals surface area contributed by atoms with Crippen molar-refractivity contribution in [1.29, 1.82) is 0 Å². The highest BCUT2D eigenvalue weighted by Gasteiger charge is 2.11. The van der Waals surface area contributed by atoms with E-state index in [-0.39, 0.29) is 0 Å². The van der Waals surface area contributed by atoms with Crippen LogP contribution in [-0.2, 0) is 6.61 Å². The van der Waals surface area contributed by atoms with Gasteiger partial charge >= 0.3 is 0 Å². The number of nitrogens with one attached hydrogen (secondary N) is 1. The predicted octanol–water partition coefficient (Wildman–Crippen LogP) is 5.82. The van der Waals surface area contributed by atoms with Gasteiger partial charge in [0.1, 0.15) is 12.4 Å². The number of imidazole rings is 1. The highest BCUT2D eigenvalue weighted by molar-refractivity contribution is 5.80. The Labute approximate surface area is 165 Å². The summed E-state index contributed by atoms with van der Waals surface area (Å²) in [5, 5.41) is 0. The summed E-state index contributed by atoms with van der Waals surface area (Å²) in [7, 11) is 0. The first-order valence-electron chi connectivity index (χ1n) is 9.54. The first-order chi connectivity index (χ1) is 13.6. The van der Waals surface area contributed by atoms with Crippen molar-refractivity contribution < 1.29 is 9.47 Å². The molecule has 0 bridgehead atoms. The molecule has 0 fully saturated rings. The molecular formula is C24H24N2O2. The summed E-state index contributed by atoms with van der Waals surface area (Å²) < 4.78 is 11.9. The number of H-pyrrole nitrogens is 1. The minimum atomic E-state index is 0.505. The van der Waals surface area contributed by atoms with Gasteiger partial charge in [-0.2, -0.15) is 0 Å². The maximum Gasteiger partial charge on any atom is 0.161 e. The number of ether oxygens (including phenoxy) is 2. The first kappa shape index (κ1) is 18.1. The third-order valence-electron chi connectivity index (χ3n) is 4.63. The molecule has 1 N–H and O–H groups in total. The number of aromatic nitrogens is 2. The minimum Gasteiger partial charge on any atom is -0.490 e. The van der Waals surface area contributed by atoms with Crippen LogP contribution in [0, 0.1) is 13.8 Å². The Balaban J connectivity index is 1.61. The lowest BCUT2D eigenvalue weighted by molar-refractivity contribution is 0.269. The van der Waals surface area contributed by atoms with Crippen molar-refractivity contribution in [3.05, 3.63) is 77.4 Å². The first-order valence-corrected chi connectivity index (χ1v) is 9.54. The van der Waals surface area contributed by atoms with Gasteiger partial charge in [-0.3, -0.25) is 0 Å². The SMILES string of the molecule is CCOc1cc(-c2nc3ccc(C)cc3[nH]2)ccc1OCc1cccc(C)c1. The summed E-state index contributed by atoms with van der Waals surface area (Å²) in [4.78, 5) is 8.10. The third kappa shape index (κ3) is 3.86. The summed E-state index contributed by atoms with van der Waals surface area (Å²) in [6.45, 7) is 7.21. The molecule has 142 valence electrons. The summed E-state index contributed by atoms with van der Waals surface area (Å²) in [5.74, 6) is 2.29. The number of benzene rings is 3. The van der Waals surface area contributed by atoms with Gasteiger partial charge in [-0.25, -0.2) is 4.98 Å². The maximum atomic E-state index is 6.04.